The van der Waals surface area contributed by atoms with Gasteiger partial charge in [-0.05, 0) is 18.8 Å². The summed E-state index contributed by atoms with van der Waals surface area (Å²) in [6.45, 7) is 3.98. The molecular weight excluding hydrogens is 152 g/mol. The highest BCUT2D eigenvalue weighted by Crippen LogP contribution is 2.06. The van der Waals surface area contributed by atoms with Crippen LogP contribution in [0.25, 0.3) is 0 Å². The average Bonchev–Trinajstić information content (AvgIpc) is 1.98. The van der Waals surface area contributed by atoms with Crippen LogP contribution >= 0.6 is 0 Å². The van der Waals surface area contributed by atoms with Gasteiger partial charge in [0.15, 0.2) is 0 Å². The Bertz CT molecular complexity index is 162. The lowest BCUT2D eigenvalue weighted by Crippen LogP contribution is -2.24. The molecule has 0 heterocycles. The average molecular weight is 170 g/mol. The highest BCUT2D eigenvalue weighted by atomic mass is 16.5. The summed E-state index contributed by atoms with van der Waals surface area (Å²) < 4.78 is 0. The predicted molar refractivity (Wildman–Crippen MR) is 49.4 cm³/mol. The second kappa shape index (κ2) is 6.05. The fourth-order valence-electron chi connectivity index (χ4n) is 0.880. The van der Waals surface area contributed by atoms with Crippen LogP contribution in [0.1, 0.15) is 46.0 Å². The Labute approximate surface area is 74.6 Å². The quantitative estimate of drug-likeness (QED) is 0.383. The minimum Gasteiger partial charge on any atom is -0.356 e. The van der Waals surface area contributed by atoms with Crippen molar-refractivity contribution in [3.63, 3.8) is 0 Å². The number of rotatable bonds is 4. The van der Waals surface area contributed by atoms with E-state index >= 15 is 0 Å². The van der Waals surface area contributed by atoms with Crippen LogP contribution in [0.5, 0.6) is 0 Å². The third-order valence-corrected chi connectivity index (χ3v) is 1.54. The highest BCUT2D eigenvalue weighted by Gasteiger charge is 2.16. The Morgan fingerprint density at radius 3 is 2.33 bits per heavy atom. The van der Waals surface area contributed by atoms with Crippen LogP contribution in [-0.2, 0) is 0 Å². The number of aliphatic hydroxyl groups is 2. The molecule has 2 N–H and O–H groups in total. The van der Waals surface area contributed by atoms with Crippen molar-refractivity contribution in [3.8, 4) is 11.8 Å². The minimum absolute atomic E-state index is 0.326. The predicted octanol–water partition coefficient (Wildman–Crippen LogP) is 1.66. The van der Waals surface area contributed by atoms with E-state index in [1.54, 1.807) is 0 Å². The monoisotopic (exact) mass is 170 g/mol. The largest absolute Gasteiger partial charge is 0.356 e. The molecule has 70 valence electrons. The Morgan fingerprint density at radius 2 is 1.83 bits per heavy atom. The zero-order chi connectivity index (χ0) is 9.45. The molecule has 0 atom stereocenters. The van der Waals surface area contributed by atoms with Crippen LogP contribution in [0, 0.1) is 11.8 Å². The fourth-order valence-corrected chi connectivity index (χ4v) is 0.880. The van der Waals surface area contributed by atoms with Crippen LogP contribution < -0.4 is 0 Å². The third-order valence-electron chi connectivity index (χ3n) is 1.54. The van der Waals surface area contributed by atoms with E-state index in [0.717, 1.165) is 25.7 Å². The summed E-state index contributed by atoms with van der Waals surface area (Å²) in [6.07, 6.45) is 3.92. The first kappa shape index (κ1) is 11.5. The van der Waals surface area contributed by atoms with Gasteiger partial charge in [-0.1, -0.05) is 26.2 Å². The summed E-state index contributed by atoms with van der Waals surface area (Å²) in [6, 6.07) is 0. The van der Waals surface area contributed by atoms with Crippen molar-refractivity contribution >= 4 is 0 Å². The zero-order valence-electron chi connectivity index (χ0n) is 7.93. The molecule has 0 rings (SSSR count). The van der Waals surface area contributed by atoms with Gasteiger partial charge in [-0.2, -0.15) is 0 Å². The molecule has 12 heavy (non-hydrogen) atoms. The summed E-state index contributed by atoms with van der Waals surface area (Å²) in [7, 11) is 0. The van der Waals surface area contributed by atoms with Gasteiger partial charge in [-0.3, -0.25) is 0 Å². The zero-order valence-corrected chi connectivity index (χ0v) is 7.93. The lowest BCUT2D eigenvalue weighted by molar-refractivity contribution is -0.114. The van der Waals surface area contributed by atoms with Gasteiger partial charge in [-0.25, -0.2) is 0 Å². The molecule has 0 aromatic carbocycles. The van der Waals surface area contributed by atoms with E-state index in [1.807, 2.05) is 6.92 Å². The lowest BCUT2D eigenvalue weighted by Gasteiger charge is -2.12. The minimum atomic E-state index is -1.76. The second-order valence-corrected chi connectivity index (χ2v) is 2.97. The molecule has 0 radical (unpaired) electrons. The molecule has 0 spiro atoms. The smallest absolute Gasteiger partial charge is 0.228 e. The maximum Gasteiger partial charge on any atom is 0.228 e. The van der Waals surface area contributed by atoms with Crippen LogP contribution in [0.4, 0.5) is 0 Å². The number of hydrogen-bond acceptors (Lipinski definition) is 2. The van der Waals surface area contributed by atoms with Crippen LogP contribution in [0.3, 0.4) is 0 Å². The van der Waals surface area contributed by atoms with Gasteiger partial charge in [0.1, 0.15) is 0 Å². The lowest BCUT2D eigenvalue weighted by atomic mass is 10.1. The molecule has 0 bridgehead atoms. The van der Waals surface area contributed by atoms with Gasteiger partial charge < -0.3 is 10.2 Å². The Balaban J connectivity index is 3.74. The van der Waals surface area contributed by atoms with E-state index in [0.29, 0.717) is 6.42 Å². The van der Waals surface area contributed by atoms with E-state index in [9.17, 15) is 10.2 Å². The van der Waals surface area contributed by atoms with Crippen molar-refractivity contribution in [1.82, 2.24) is 0 Å². The molecule has 0 aliphatic rings. The van der Waals surface area contributed by atoms with Crippen molar-refractivity contribution in [2.24, 2.45) is 0 Å². The first-order chi connectivity index (χ1) is 5.62. The van der Waals surface area contributed by atoms with Crippen molar-refractivity contribution < 1.29 is 10.2 Å². The third kappa shape index (κ3) is 6.21. The van der Waals surface area contributed by atoms with Crippen molar-refractivity contribution in [2.75, 3.05) is 0 Å². The molecule has 0 amide bonds. The topological polar surface area (TPSA) is 40.5 Å². The second-order valence-electron chi connectivity index (χ2n) is 2.97. The molecule has 2 heteroatoms. The molecule has 0 unspecified atom stereocenters. The van der Waals surface area contributed by atoms with E-state index in [2.05, 4.69) is 18.8 Å². The van der Waals surface area contributed by atoms with Gasteiger partial charge in [0.05, 0.1) is 0 Å². The molecule has 0 aliphatic carbocycles. The standard InChI is InChI=1S/C10H18O2/c1-3-5-6-7-9-10(11,12)8-4-2/h11-12H,3-6,8H2,1-2H3. The van der Waals surface area contributed by atoms with Crippen molar-refractivity contribution in [3.05, 3.63) is 0 Å². The van der Waals surface area contributed by atoms with Crippen LogP contribution in [0.15, 0.2) is 0 Å². The first-order valence-electron chi connectivity index (χ1n) is 4.57. The normalized spacial score (nSPS) is 10.7. The SMILES string of the molecule is CCCCC#CC(O)(O)CCC. The molecule has 0 aromatic rings. The summed E-state index contributed by atoms with van der Waals surface area (Å²) in [5, 5.41) is 18.4. The molecular formula is C10H18O2. The maximum atomic E-state index is 9.20. The van der Waals surface area contributed by atoms with E-state index in [-0.39, 0.29) is 0 Å². The molecule has 0 fully saturated rings. The van der Waals surface area contributed by atoms with Crippen molar-refractivity contribution in [2.45, 2.75) is 51.7 Å². The summed E-state index contributed by atoms with van der Waals surface area (Å²) in [4.78, 5) is 0. The Kier molecular flexibility index (Phi) is 5.79. The summed E-state index contributed by atoms with van der Waals surface area (Å²) in [5.74, 6) is 3.46. The van der Waals surface area contributed by atoms with E-state index < -0.39 is 5.79 Å². The van der Waals surface area contributed by atoms with E-state index in [1.165, 1.54) is 0 Å². The fraction of sp³-hybridized carbons (Fsp3) is 0.800. The Hall–Kier alpha value is -0.520. The van der Waals surface area contributed by atoms with E-state index in [4.69, 9.17) is 0 Å². The first-order valence-corrected chi connectivity index (χ1v) is 4.57. The van der Waals surface area contributed by atoms with Gasteiger partial charge in [0, 0.05) is 12.8 Å². The highest BCUT2D eigenvalue weighted by molar-refractivity contribution is 5.08. The number of unbranched alkanes of at least 4 members (excludes halogenated alkanes) is 2. The van der Waals surface area contributed by atoms with Crippen LogP contribution in [0.2, 0.25) is 0 Å². The molecule has 0 saturated carbocycles. The van der Waals surface area contributed by atoms with Gasteiger partial charge >= 0.3 is 0 Å². The maximum absolute atomic E-state index is 9.20. The van der Waals surface area contributed by atoms with Gasteiger partial charge in [-0.15, -0.1) is 0 Å². The van der Waals surface area contributed by atoms with Gasteiger partial charge in [0.2, 0.25) is 5.79 Å². The summed E-state index contributed by atoms with van der Waals surface area (Å²) >= 11 is 0. The number of hydrogen-bond donors (Lipinski definition) is 2. The van der Waals surface area contributed by atoms with Crippen LogP contribution in [-0.4, -0.2) is 16.0 Å². The molecule has 2 nitrogen and oxygen atoms in total. The Morgan fingerprint density at radius 1 is 1.17 bits per heavy atom. The molecule has 0 saturated heterocycles. The van der Waals surface area contributed by atoms with Crippen molar-refractivity contribution in [1.29, 1.82) is 0 Å². The molecule has 0 aromatic heterocycles. The summed E-state index contributed by atoms with van der Waals surface area (Å²) in [5.41, 5.74) is 0. The molecule has 0 aliphatic heterocycles. The van der Waals surface area contributed by atoms with Gasteiger partial charge in [0.25, 0.3) is 0 Å².